The molecule has 0 bridgehead atoms. The standard InChI is InChI=1S/C14H19N3O4/c1-16(2)14(18)10-5-6-12(17(19)20)13(8-10)21-11-4-3-7-15-9-11/h5-6,8,11,15H,3-4,7,9H2,1-2H3/t11-/m0/s1. The molecule has 1 aromatic carbocycles. The Balaban J connectivity index is 2.28. The van der Waals surface area contributed by atoms with E-state index in [0.717, 1.165) is 19.4 Å². The SMILES string of the molecule is CN(C)C(=O)c1ccc([N+](=O)[O-])c(O[C@H]2CCCNC2)c1. The first kappa shape index (κ1) is 15.2. The van der Waals surface area contributed by atoms with Gasteiger partial charge in [0, 0.05) is 38.3 Å². The van der Waals surface area contributed by atoms with Gasteiger partial charge in [-0.3, -0.25) is 14.9 Å². The van der Waals surface area contributed by atoms with Gasteiger partial charge in [-0.2, -0.15) is 0 Å². The average molecular weight is 293 g/mol. The highest BCUT2D eigenvalue weighted by Crippen LogP contribution is 2.30. The smallest absolute Gasteiger partial charge is 0.310 e. The summed E-state index contributed by atoms with van der Waals surface area (Å²) in [5, 5.41) is 14.3. The van der Waals surface area contributed by atoms with Crippen LogP contribution in [-0.2, 0) is 0 Å². The van der Waals surface area contributed by atoms with E-state index in [2.05, 4.69) is 5.32 Å². The number of benzene rings is 1. The van der Waals surface area contributed by atoms with Crippen molar-refractivity contribution < 1.29 is 14.5 Å². The van der Waals surface area contributed by atoms with Gasteiger partial charge in [0.05, 0.1) is 4.92 Å². The molecule has 1 heterocycles. The molecule has 1 atom stereocenters. The lowest BCUT2D eigenvalue weighted by molar-refractivity contribution is -0.386. The van der Waals surface area contributed by atoms with E-state index in [-0.39, 0.29) is 23.4 Å². The molecule has 7 heteroatoms. The summed E-state index contributed by atoms with van der Waals surface area (Å²) in [6.45, 7) is 1.59. The molecular weight excluding hydrogens is 274 g/mol. The summed E-state index contributed by atoms with van der Waals surface area (Å²) < 4.78 is 5.74. The number of nitrogens with zero attached hydrogens (tertiary/aromatic N) is 2. The van der Waals surface area contributed by atoms with E-state index in [4.69, 9.17) is 4.74 Å². The molecule has 1 aromatic rings. The van der Waals surface area contributed by atoms with Gasteiger partial charge in [0.25, 0.3) is 5.91 Å². The maximum atomic E-state index is 12.0. The molecule has 7 nitrogen and oxygen atoms in total. The van der Waals surface area contributed by atoms with Crippen LogP contribution in [0.4, 0.5) is 5.69 Å². The van der Waals surface area contributed by atoms with E-state index in [9.17, 15) is 14.9 Å². The second kappa shape index (κ2) is 6.53. The second-order valence-corrected chi connectivity index (χ2v) is 5.23. The Morgan fingerprint density at radius 2 is 2.24 bits per heavy atom. The van der Waals surface area contributed by atoms with Crippen LogP contribution < -0.4 is 10.1 Å². The maximum absolute atomic E-state index is 12.0. The number of nitro groups is 1. The van der Waals surface area contributed by atoms with Gasteiger partial charge >= 0.3 is 5.69 Å². The van der Waals surface area contributed by atoms with Crippen molar-refractivity contribution in [2.75, 3.05) is 27.2 Å². The van der Waals surface area contributed by atoms with Crippen molar-refractivity contribution in [3.05, 3.63) is 33.9 Å². The molecule has 1 amide bonds. The fourth-order valence-corrected chi connectivity index (χ4v) is 2.25. The Morgan fingerprint density at radius 3 is 2.81 bits per heavy atom. The Morgan fingerprint density at radius 1 is 1.48 bits per heavy atom. The van der Waals surface area contributed by atoms with Gasteiger partial charge in [0.15, 0.2) is 5.75 Å². The largest absolute Gasteiger partial charge is 0.482 e. The molecule has 0 spiro atoms. The number of rotatable bonds is 4. The van der Waals surface area contributed by atoms with Crippen molar-refractivity contribution in [1.29, 1.82) is 0 Å². The van der Waals surface area contributed by atoms with E-state index in [1.165, 1.54) is 23.1 Å². The first-order chi connectivity index (χ1) is 9.99. The van der Waals surface area contributed by atoms with Crippen molar-refractivity contribution in [2.45, 2.75) is 18.9 Å². The van der Waals surface area contributed by atoms with Crippen LogP contribution in [0.25, 0.3) is 0 Å². The predicted octanol–water partition coefficient (Wildman–Crippen LogP) is 1.43. The van der Waals surface area contributed by atoms with Crippen LogP contribution in [0, 0.1) is 10.1 Å². The number of carbonyl (C=O) groups is 1. The maximum Gasteiger partial charge on any atom is 0.310 e. The zero-order chi connectivity index (χ0) is 15.4. The van der Waals surface area contributed by atoms with Crippen LogP contribution in [0.5, 0.6) is 5.75 Å². The Kier molecular flexibility index (Phi) is 4.74. The van der Waals surface area contributed by atoms with Crippen molar-refractivity contribution >= 4 is 11.6 Å². The molecule has 0 aliphatic carbocycles. The van der Waals surface area contributed by atoms with Crippen LogP contribution in [0.15, 0.2) is 18.2 Å². The lowest BCUT2D eigenvalue weighted by Gasteiger charge is -2.24. The van der Waals surface area contributed by atoms with Crippen LogP contribution in [0.2, 0.25) is 0 Å². The van der Waals surface area contributed by atoms with Crippen LogP contribution in [0.1, 0.15) is 23.2 Å². The fraction of sp³-hybridized carbons (Fsp3) is 0.500. The van der Waals surface area contributed by atoms with Crippen molar-refractivity contribution in [2.24, 2.45) is 0 Å². The Labute approximate surface area is 123 Å². The summed E-state index contributed by atoms with van der Waals surface area (Å²) >= 11 is 0. The Hall–Kier alpha value is -2.15. The summed E-state index contributed by atoms with van der Waals surface area (Å²) in [6.07, 6.45) is 1.70. The molecule has 1 fully saturated rings. The van der Waals surface area contributed by atoms with Gasteiger partial charge in [0.2, 0.25) is 0 Å². The van der Waals surface area contributed by atoms with Gasteiger partial charge in [-0.1, -0.05) is 0 Å². The number of ether oxygens (including phenoxy) is 1. The molecule has 0 unspecified atom stereocenters. The summed E-state index contributed by atoms with van der Waals surface area (Å²) in [4.78, 5) is 24.0. The lowest BCUT2D eigenvalue weighted by Crippen LogP contribution is -2.37. The highest BCUT2D eigenvalue weighted by atomic mass is 16.6. The number of hydrogen-bond acceptors (Lipinski definition) is 5. The van der Waals surface area contributed by atoms with Crippen LogP contribution >= 0.6 is 0 Å². The normalized spacial score (nSPS) is 18.1. The van der Waals surface area contributed by atoms with Gasteiger partial charge in [0.1, 0.15) is 6.10 Å². The second-order valence-electron chi connectivity index (χ2n) is 5.23. The summed E-state index contributed by atoms with van der Waals surface area (Å²) in [6, 6.07) is 4.23. The van der Waals surface area contributed by atoms with Crippen molar-refractivity contribution in [3.8, 4) is 5.75 Å². The number of piperidine rings is 1. The minimum Gasteiger partial charge on any atom is -0.482 e. The van der Waals surface area contributed by atoms with Crippen molar-refractivity contribution in [1.82, 2.24) is 10.2 Å². The quantitative estimate of drug-likeness (QED) is 0.670. The summed E-state index contributed by atoms with van der Waals surface area (Å²) in [5.74, 6) is -0.0575. The molecule has 21 heavy (non-hydrogen) atoms. The molecular formula is C14H19N3O4. The van der Waals surface area contributed by atoms with Crippen LogP contribution in [0.3, 0.4) is 0 Å². The topological polar surface area (TPSA) is 84.7 Å². The summed E-state index contributed by atoms with van der Waals surface area (Å²) in [7, 11) is 3.27. The first-order valence-electron chi connectivity index (χ1n) is 6.86. The first-order valence-corrected chi connectivity index (χ1v) is 6.86. The molecule has 0 saturated carbocycles. The zero-order valence-corrected chi connectivity index (χ0v) is 12.2. The van der Waals surface area contributed by atoms with E-state index in [1.54, 1.807) is 14.1 Å². The highest BCUT2D eigenvalue weighted by molar-refractivity contribution is 5.94. The zero-order valence-electron chi connectivity index (χ0n) is 12.2. The van der Waals surface area contributed by atoms with Crippen LogP contribution in [-0.4, -0.2) is 49.0 Å². The van der Waals surface area contributed by atoms with Crippen molar-refractivity contribution in [3.63, 3.8) is 0 Å². The number of amides is 1. The molecule has 0 radical (unpaired) electrons. The molecule has 1 saturated heterocycles. The molecule has 0 aromatic heterocycles. The molecule has 1 aliphatic rings. The third kappa shape index (κ3) is 3.69. The number of carbonyl (C=O) groups excluding carboxylic acids is 1. The molecule has 1 N–H and O–H groups in total. The van der Waals surface area contributed by atoms with E-state index in [0.29, 0.717) is 12.1 Å². The number of nitro benzene ring substituents is 1. The van der Waals surface area contributed by atoms with Gasteiger partial charge in [-0.25, -0.2) is 0 Å². The minimum atomic E-state index is -0.491. The lowest BCUT2D eigenvalue weighted by atomic mass is 10.1. The molecule has 1 aliphatic heterocycles. The minimum absolute atomic E-state index is 0.109. The van der Waals surface area contributed by atoms with Gasteiger partial charge in [-0.05, 0) is 25.5 Å². The van der Waals surface area contributed by atoms with E-state index < -0.39 is 4.92 Å². The van der Waals surface area contributed by atoms with E-state index in [1.807, 2.05) is 0 Å². The fourth-order valence-electron chi connectivity index (χ4n) is 2.25. The molecule has 2 rings (SSSR count). The van der Waals surface area contributed by atoms with Gasteiger partial charge < -0.3 is 15.0 Å². The predicted molar refractivity (Wildman–Crippen MR) is 77.6 cm³/mol. The third-order valence-electron chi connectivity index (χ3n) is 3.35. The summed E-state index contributed by atoms with van der Waals surface area (Å²) in [5.41, 5.74) is 0.264. The van der Waals surface area contributed by atoms with E-state index >= 15 is 0 Å². The monoisotopic (exact) mass is 293 g/mol. The Bertz CT molecular complexity index is 539. The highest BCUT2D eigenvalue weighted by Gasteiger charge is 2.23. The van der Waals surface area contributed by atoms with Gasteiger partial charge in [-0.15, -0.1) is 0 Å². The average Bonchev–Trinajstić information content (AvgIpc) is 2.47. The third-order valence-corrected chi connectivity index (χ3v) is 3.35. The number of hydrogen-bond donors (Lipinski definition) is 1. The molecule has 114 valence electrons. The number of nitrogens with one attached hydrogen (secondary N) is 1.